The van der Waals surface area contributed by atoms with E-state index in [4.69, 9.17) is 9.47 Å². The van der Waals surface area contributed by atoms with Gasteiger partial charge in [0.15, 0.2) is 5.82 Å². The summed E-state index contributed by atoms with van der Waals surface area (Å²) in [5.41, 5.74) is 1.71. The smallest absolute Gasteiger partial charge is 0.342 e. The molecule has 0 aliphatic rings. The molecule has 0 radical (unpaired) electrons. The van der Waals surface area contributed by atoms with Crippen molar-refractivity contribution in [2.24, 2.45) is 0 Å². The summed E-state index contributed by atoms with van der Waals surface area (Å²) in [6.07, 6.45) is 1.25. The summed E-state index contributed by atoms with van der Waals surface area (Å²) in [6, 6.07) is 14.4. The Morgan fingerprint density at radius 1 is 1.00 bits per heavy atom. The van der Waals surface area contributed by atoms with E-state index in [9.17, 15) is 9.90 Å². The molecular formula is C19H16N2O4. The first-order chi connectivity index (χ1) is 12.1. The molecule has 3 rings (SSSR count). The average Bonchev–Trinajstić information content (AvgIpc) is 2.63. The maximum atomic E-state index is 11.4. The lowest BCUT2D eigenvalue weighted by Crippen LogP contribution is -2.04. The van der Waals surface area contributed by atoms with Gasteiger partial charge in [0.05, 0.1) is 7.11 Å². The molecule has 2 aromatic carbocycles. The lowest BCUT2D eigenvalue weighted by Gasteiger charge is -2.10. The highest BCUT2D eigenvalue weighted by atomic mass is 16.5. The molecule has 0 fully saturated rings. The topological polar surface area (TPSA) is 81.5 Å². The Balaban J connectivity index is 1.98. The number of ether oxygens (including phenoxy) is 2. The molecule has 0 aliphatic carbocycles. The van der Waals surface area contributed by atoms with Crippen LogP contribution in [0, 0.1) is 6.92 Å². The van der Waals surface area contributed by atoms with Crippen LogP contribution in [0.2, 0.25) is 0 Å². The van der Waals surface area contributed by atoms with E-state index in [2.05, 4.69) is 9.97 Å². The SMILES string of the molecule is COc1ccc(-c2ncc(C(=O)O)c(Oc3ccc(C)cc3)n2)cc1. The molecule has 126 valence electrons. The number of aromatic nitrogens is 2. The van der Waals surface area contributed by atoms with Gasteiger partial charge in [-0.3, -0.25) is 0 Å². The van der Waals surface area contributed by atoms with E-state index < -0.39 is 5.97 Å². The minimum atomic E-state index is -1.15. The van der Waals surface area contributed by atoms with Gasteiger partial charge >= 0.3 is 5.97 Å². The summed E-state index contributed by atoms with van der Waals surface area (Å²) >= 11 is 0. The van der Waals surface area contributed by atoms with Crippen LogP contribution < -0.4 is 9.47 Å². The van der Waals surface area contributed by atoms with Gasteiger partial charge in [-0.25, -0.2) is 9.78 Å². The van der Waals surface area contributed by atoms with Gasteiger partial charge in [-0.05, 0) is 43.3 Å². The van der Waals surface area contributed by atoms with E-state index in [1.807, 2.05) is 19.1 Å². The number of carboxylic acids is 1. The summed E-state index contributed by atoms with van der Waals surface area (Å²) in [4.78, 5) is 19.8. The quantitative estimate of drug-likeness (QED) is 0.760. The van der Waals surface area contributed by atoms with Crippen LogP contribution >= 0.6 is 0 Å². The number of carbonyl (C=O) groups is 1. The summed E-state index contributed by atoms with van der Waals surface area (Å²) in [5, 5.41) is 9.34. The number of benzene rings is 2. The zero-order chi connectivity index (χ0) is 17.8. The summed E-state index contributed by atoms with van der Waals surface area (Å²) in [6.45, 7) is 1.96. The maximum Gasteiger partial charge on any atom is 0.342 e. The molecule has 6 nitrogen and oxygen atoms in total. The number of hydrogen-bond donors (Lipinski definition) is 1. The zero-order valence-corrected chi connectivity index (χ0v) is 13.8. The van der Waals surface area contributed by atoms with Crippen LogP contribution in [0.4, 0.5) is 0 Å². The van der Waals surface area contributed by atoms with E-state index in [0.717, 1.165) is 11.1 Å². The van der Waals surface area contributed by atoms with Crippen molar-refractivity contribution in [3.05, 3.63) is 65.9 Å². The predicted molar refractivity (Wildman–Crippen MR) is 92.2 cm³/mol. The standard InChI is InChI=1S/C19H16N2O4/c1-12-3-7-15(8-4-12)25-18-16(19(22)23)11-20-17(21-18)13-5-9-14(24-2)10-6-13/h3-11H,1-2H3,(H,22,23). The second-order valence-electron chi connectivity index (χ2n) is 5.36. The van der Waals surface area contributed by atoms with Gasteiger partial charge in [-0.2, -0.15) is 4.98 Å². The van der Waals surface area contributed by atoms with Gasteiger partial charge in [-0.1, -0.05) is 17.7 Å². The molecule has 0 atom stereocenters. The summed E-state index contributed by atoms with van der Waals surface area (Å²) < 4.78 is 10.8. The highest BCUT2D eigenvalue weighted by molar-refractivity contribution is 5.90. The third-order valence-electron chi connectivity index (χ3n) is 3.57. The lowest BCUT2D eigenvalue weighted by atomic mass is 10.2. The van der Waals surface area contributed by atoms with Crippen molar-refractivity contribution < 1.29 is 19.4 Å². The van der Waals surface area contributed by atoms with E-state index in [1.165, 1.54) is 6.20 Å². The minimum absolute atomic E-state index is 0.00262. The largest absolute Gasteiger partial charge is 0.497 e. The summed E-state index contributed by atoms with van der Waals surface area (Å²) in [7, 11) is 1.58. The summed E-state index contributed by atoms with van der Waals surface area (Å²) in [5.74, 6) is 0.435. The van der Waals surface area contributed by atoms with Crippen molar-refractivity contribution in [1.82, 2.24) is 9.97 Å². The Morgan fingerprint density at radius 2 is 1.64 bits per heavy atom. The first kappa shape index (κ1) is 16.4. The van der Waals surface area contributed by atoms with Crippen molar-refractivity contribution in [1.29, 1.82) is 0 Å². The molecular weight excluding hydrogens is 320 g/mol. The normalized spacial score (nSPS) is 10.3. The van der Waals surface area contributed by atoms with Gasteiger partial charge in [0.1, 0.15) is 17.1 Å². The fourth-order valence-electron chi connectivity index (χ4n) is 2.19. The number of aryl methyl sites for hydroxylation is 1. The van der Waals surface area contributed by atoms with Crippen LogP contribution in [0.3, 0.4) is 0 Å². The first-order valence-corrected chi connectivity index (χ1v) is 7.56. The Bertz CT molecular complexity index is 890. The number of aromatic carboxylic acids is 1. The van der Waals surface area contributed by atoms with Crippen molar-refractivity contribution in [2.45, 2.75) is 6.92 Å². The molecule has 1 aromatic heterocycles. The number of carboxylic acid groups (broad SMARTS) is 1. The molecule has 0 bridgehead atoms. The molecule has 0 spiro atoms. The first-order valence-electron chi connectivity index (χ1n) is 7.56. The molecule has 6 heteroatoms. The molecule has 0 saturated heterocycles. The fraction of sp³-hybridized carbons (Fsp3) is 0.105. The van der Waals surface area contributed by atoms with Gasteiger partial charge in [0.25, 0.3) is 0 Å². The van der Waals surface area contributed by atoms with Crippen LogP contribution in [0.5, 0.6) is 17.4 Å². The maximum absolute atomic E-state index is 11.4. The third kappa shape index (κ3) is 3.74. The van der Waals surface area contributed by atoms with Crippen LogP contribution in [0.1, 0.15) is 15.9 Å². The second kappa shape index (κ2) is 7.00. The van der Waals surface area contributed by atoms with E-state index in [1.54, 1.807) is 43.5 Å². The molecule has 0 aliphatic heterocycles. The van der Waals surface area contributed by atoms with Gasteiger partial charge in [0, 0.05) is 11.8 Å². The lowest BCUT2D eigenvalue weighted by molar-refractivity contribution is 0.0693. The van der Waals surface area contributed by atoms with Gasteiger partial charge in [0.2, 0.25) is 5.88 Å². The zero-order valence-electron chi connectivity index (χ0n) is 13.8. The highest BCUT2D eigenvalue weighted by Crippen LogP contribution is 2.27. The van der Waals surface area contributed by atoms with Gasteiger partial charge < -0.3 is 14.6 Å². The highest BCUT2D eigenvalue weighted by Gasteiger charge is 2.16. The van der Waals surface area contributed by atoms with Crippen LogP contribution in [0.25, 0.3) is 11.4 Å². The molecule has 3 aromatic rings. The van der Waals surface area contributed by atoms with E-state index in [-0.39, 0.29) is 11.4 Å². The molecule has 1 N–H and O–H groups in total. The van der Waals surface area contributed by atoms with Crippen molar-refractivity contribution >= 4 is 5.97 Å². The average molecular weight is 336 g/mol. The molecule has 0 saturated carbocycles. The number of rotatable bonds is 5. The number of methoxy groups -OCH3 is 1. The van der Waals surface area contributed by atoms with Gasteiger partial charge in [-0.15, -0.1) is 0 Å². The molecule has 0 amide bonds. The third-order valence-corrected chi connectivity index (χ3v) is 3.57. The predicted octanol–water partition coefficient (Wildman–Crippen LogP) is 3.95. The molecule has 0 unspecified atom stereocenters. The van der Waals surface area contributed by atoms with Crippen LogP contribution in [-0.2, 0) is 0 Å². The molecule has 25 heavy (non-hydrogen) atoms. The monoisotopic (exact) mass is 336 g/mol. The van der Waals surface area contributed by atoms with Crippen molar-refractivity contribution in [3.63, 3.8) is 0 Å². The molecule has 1 heterocycles. The Labute approximate surface area is 144 Å². The number of hydrogen-bond acceptors (Lipinski definition) is 5. The Morgan fingerprint density at radius 3 is 2.24 bits per heavy atom. The minimum Gasteiger partial charge on any atom is -0.497 e. The van der Waals surface area contributed by atoms with Crippen molar-refractivity contribution in [3.8, 4) is 28.8 Å². The van der Waals surface area contributed by atoms with Crippen LogP contribution in [-0.4, -0.2) is 28.2 Å². The second-order valence-corrected chi connectivity index (χ2v) is 5.36. The fourth-order valence-corrected chi connectivity index (χ4v) is 2.19. The van der Waals surface area contributed by atoms with Crippen molar-refractivity contribution in [2.75, 3.05) is 7.11 Å². The Hall–Kier alpha value is -3.41. The number of nitrogens with zero attached hydrogens (tertiary/aromatic N) is 2. The Kier molecular flexibility index (Phi) is 4.61. The van der Waals surface area contributed by atoms with E-state index in [0.29, 0.717) is 17.3 Å². The van der Waals surface area contributed by atoms with E-state index >= 15 is 0 Å². The van der Waals surface area contributed by atoms with Crippen LogP contribution in [0.15, 0.2) is 54.7 Å².